The summed E-state index contributed by atoms with van der Waals surface area (Å²) in [6, 6.07) is 17.7. The van der Waals surface area contributed by atoms with E-state index in [-0.39, 0.29) is 6.42 Å². The number of nitrogens with zero attached hydrogens (tertiary/aromatic N) is 1. The molecule has 1 aliphatic carbocycles. The van der Waals surface area contributed by atoms with Crippen LogP contribution in [-0.4, -0.2) is 28.2 Å². The number of carboxylic acids is 1. The standard InChI is InChI=1S/C22H20N2O4/c23-21(27)22(28-14-19(25)26)12-6-11-18-20(22)16-9-4-5-10-17(16)24(18)13-15-7-2-1-3-8-15/h1-11H,12-14H2,(H2,23,27)(H,25,26). The molecule has 0 radical (unpaired) electrons. The van der Waals surface area contributed by atoms with Crippen LogP contribution >= 0.6 is 0 Å². The maximum Gasteiger partial charge on any atom is 0.329 e. The first kappa shape index (κ1) is 18.0. The summed E-state index contributed by atoms with van der Waals surface area (Å²) in [6.45, 7) is 0.00319. The molecule has 1 atom stereocenters. The zero-order valence-corrected chi connectivity index (χ0v) is 15.2. The molecule has 1 aliphatic rings. The van der Waals surface area contributed by atoms with Crippen molar-refractivity contribution in [1.29, 1.82) is 0 Å². The minimum Gasteiger partial charge on any atom is -0.480 e. The molecule has 6 heteroatoms. The van der Waals surface area contributed by atoms with Gasteiger partial charge in [0.15, 0.2) is 5.60 Å². The number of rotatable bonds is 6. The number of amides is 1. The van der Waals surface area contributed by atoms with Gasteiger partial charge in [-0.25, -0.2) is 4.79 Å². The average molecular weight is 376 g/mol. The Morgan fingerprint density at radius 3 is 2.54 bits per heavy atom. The van der Waals surface area contributed by atoms with Gasteiger partial charge in [0, 0.05) is 35.1 Å². The molecule has 1 unspecified atom stereocenters. The minimum absolute atomic E-state index is 0.196. The Kier molecular flexibility index (Phi) is 4.49. The Balaban J connectivity index is 1.94. The van der Waals surface area contributed by atoms with Crippen molar-refractivity contribution in [2.24, 2.45) is 5.73 Å². The van der Waals surface area contributed by atoms with Crippen molar-refractivity contribution in [3.63, 3.8) is 0 Å². The van der Waals surface area contributed by atoms with E-state index in [9.17, 15) is 9.59 Å². The Bertz CT molecular complexity index is 1080. The van der Waals surface area contributed by atoms with Gasteiger partial charge in [0.2, 0.25) is 0 Å². The summed E-state index contributed by atoms with van der Waals surface area (Å²) < 4.78 is 7.76. The summed E-state index contributed by atoms with van der Waals surface area (Å²) in [4.78, 5) is 23.7. The molecule has 2 aromatic carbocycles. The number of hydrogen-bond acceptors (Lipinski definition) is 3. The van der Waals surface area contributed by atoms with Crippen LogP contribution in [0.4, 0.5) is 0 Å². The molecule has 0 bridgehead atoms. The van der Waals surface area contributed by atoms with Gasteiger partial charge in [0.05, 0.1) is 0 Å². The van der Waals surface area contributed by atoms with Crippen LogP contribution in [0.1, 0.15) is 23.2 Å². The van der Waals surface area contributed by atoms with Crippen LogP contribution in [-0.2, 0) is 26.5 Å². The Morgan fingerprint density at radius 1 is 1.11 bits per heavy atom. The summed E-state index contributed by atoms with van der Waals surface area (Å²) in [7, 11) is 0. The van der Waals surface area contributed by atoms with E-state index in [2.05, 4.69) is 4.57 Å². The molecule has 3 aromatic rings. The predicted octanol–water partition coefficient (Wildman–Crippen LogP) is 2.89. The van der Waals surface area contributed by atoms with Gasteiger partial charge >= 0.3 is 5.97 Å². The number of benzene rings is 2. The number of aromatic nitrogens is 1. The highest BCUT2D eigenvalue weighted by Crippen LogP contribution is 2.43. The summed E-state index contributed by atoms with van der Waals surface area (Å²) in [6.07, 6.45) is 3.96. The van der Waals surface area contributed by atoms with Crippen LogP contribution < -0.4 is 5.73 Å². The quantitative estimate of drug-likeness (QED) is 0.692. The van der Waals surface area contributed by atoms with E-state index in [1.807, 2.05) is 66.7 Å². The van der Waals surface area contributed by atoms with Gasteiger partial charge in [-0.05, 0) is 17.7 Å². The Hall–Kier alpha value is -3.38. The number of fused-ring (bicyclic) bond motifs is 3. The molecule has 1 heterocycles. The van der Waals surface area contributed by atoms with Gasteiger partial charge in [-0.1, -0.05) is 54.6 Å². The highest BCUT2D eigenvalue weighted by Gasteiger charge is 2.45. The van der Waals surface area contributed by atoms with Crippen molar-refractivity contribution >= 4 is 28.9 Å². The molecular formula is C22H20N2O4. The van der Waals surface area contributed by atoms with Gasteiger partial charge in [0.1, 0.15) is 6.61 Å². The lowest BCUT2D eigenvalue weighted by atomic mass is 9.83. The number of carboxylic acid groups (broad SMARTS) is 1. The largest absolute Gasteiger partial charge is 0.480 e. The van der Waals surface area contributed by atoms with E-state index >= 15 is 0 Å². The zero-order chi connectivity index (χ0) is 19.7. The molecule has 0 spiro atoms. The summed E-state index contributed by atoms with van der Waals surface area (Å²) in [5, 5.41) is 9.94. The Morgan fingerprint density at radius 2 is 1.82 bits per heavy atom. The molecule has 0 saturated carbocycles. The molecule has 3 N–H and O–H groups in total. The van der Waals surface area contributed by atoms with Gasteiger partial charge in [0.25, 0.3) is 5.91 Å². The molecule has 4 rings (SSSR count). The van der Waals surface area contributed by atoms with E-state index in [1.54, 1.807) is 0 Å². The van der Waals surface area contributed by atoms with Crippen molar-refractivity contribution in [3.8, 4) is 0 Å². The van der Waals surface area contributed by atoms with Crippen molar-refractivity contribution < 1.29 is 19.4 Å². The number of aliphatic carboxylic acids is 1. The van der Waals surface area contributed by atoms with Crippen LogP contribution in [0.25, 0.3) is 17.0 Å². The normalized spacial score (nSPS) is 18.1. The highest BCUT2D eigenvalue weighted by atomic mass is 16.5. The number of carbonyl (C=O) groups excluding carboxylic acids is 1. The molecule has 142 valence electrons. The summed E-state index contributed by atoms with van der Waals surface area (Å²) in [5.41, 5.74) is 7.74. The first-order valence-corrected chi connectivity index (χ1v) is 9.01. The number of primary amides is 1. The molecule has 1 amide bonds. The monoisotopic (exact) mass is 376 g/mol. The third-order valence-corrected chi connectivity index (χ3v) is 5.12. The molecular weight excluding hydrogens is 356 g/mol. The average Bonchev–Trinajstić information content (AvgIpc) is 3.02. The number of hydrogen-bond donors (Lipinski definition) is 2. The van der Waals surface area contributed by atoms with Crippen LogP contribution in [0.5, 0.6) is 0 Å². The van der Waals surface area contributed by atoms with Gasteiger partial charge in [-0.2, -0.15) is 0 Å². The smallest absolute Gasteiger partial charge is 0.329 e. The number of nitrogens with two attached hydrogens (primary N) is 1. The third kappa shape index (κ3) is 2.88. The second-order valence-corrected chi connectivity index (χ2v) is 6.83. The fourth-order valence-corrected chi connectivity index (χ4v) is 3.91. The second-order valence-electron chi connectivity index (χ2n) is 6.83. The fourth-order valence-electron chi connectivity index (χ4n) is 3.91. The third-order valence-electron chi connectivity index (χ3n) is 5.12. The topological polar surface area (TPSA) is 94.6 Å². The van der Waals surface area contributed by atoms with E-state index < -0.39 is 24.1 Å². The fraction of sp³-hybridized carbons (Fsp3) is 0.182. The number of para-hydroxylation sites is 1. The minimum atomic E-state index is -1.51. The summed E-state index contributed by atoms with van der Waals surface area (Å²) in [5.74, 6) is -1.84. The van der Waals surface area contributed by atoms with Gasteiger partial charge in [-0.3, -0.25) is 4.79 Å². The van der Waals surface area contributed by atoms with Crippen LogP contribution in [0.3, 0.4) is 0 Å². The van der Waals surface area contributed by atoms with Crippen LogP contribution in [0, 0.1) is 0 Å². The van der Waals surface area contributed by atoms with Crippen LogP contribution in [0.2, 0.25) is 0 Å². The highest BCUT2D eigenvalue weighted by molar-refractivity contribution is 5.98. The van der Waals surface area contributed by atoms with E-state index in [0.29, 0.717) is 12.1 Å². The molecule has 6 nitrogen and oxygen atoms in total. The molecule has 28 heavy (non-hydrogen) atoms. The molecule has 0 fully saturated rings. The van der Waals surface area contributed by atoms with Gasteiger partial charge < -0.3 is 20.1 Å². The van der Waals surface area contributed by atoms with Crippen molar-refractivity contribution in [1.82, 2.24) is 4.57 Å². The lowest BCUT2D eigenvalue weighted by Gasteiger charge is -2.32. The van der Waals surface area contributed by atoms with E-state index in [0.717, 1.165) is 22.2 Å². The van der Waals surface area contributed by atoms with Crippen molar-refractivity contribution in [2.45, 2.75) is 18.6 Å². The first-order chi connectivity index (χ1) is 13.5. The van der Waals surface area contributed by atoms with Crippen LogP contribution in [0.15, 0.2) is 60.7 Å². The predicted molar refractivity (Wildman–Crippen MR) is 106 cm³/mol. The second kappa shape index (κ2) is 6.98. The van der Waals surface area contributed by atoms with Crippen molar-refractivity contribution in [2.75, 3.05) is 6.61 Å². The molecule has 0 saturated heterocycles. The lowest BCUT2D eigenvalue weighted by Crippen LogP contribution is -2.45. The van der Waals surface area contributed by atoms with Gasteiger partial charge in [-0.15, -0.1) is 0 Å². The first-order valence-electron chi connectivity index (χ1n) is 9.01. The maximum atomic E-state index is 12.5. The van der Waals surface area contributed by atoms with E-state index in [4.69, 9.17) is 15.6 Å². The lowest BCUT2D eigenvalue weighted by molar-refractivity contribution is -0.158. The maximum absolute atomic E-state index is 12.5. The summed E-state index contributed by atoms with van der Waals surface area (Å²) >= 11 is 0. The molecule has 0 aliphatic heterocycles. The number of carbonyl (C=O) groups is 2. The number of ether oxygens (including phenoxy) is 1. The zero-order valence-electron chi connectivity index (χ0n) is 15.2. The SMILES string of the molecule is NC(=O)C1(OCC(=O)O)CC=Cc2c1c1ccccc1n2Cc1ccccc1. The molecule has 1 aromatic heterocycles. The van der Waals surface area contributed by atoms with E-state index in [1.165, 1.54) is 0 Å². The Labute approximate surface area is 161 Å². The van der Waals surface area contributed by atoms with Crippen molar-refractivity contribution in [3.05, 3.63) is 77.5 Å².